The maximum atomic E-state index is 12.0. The maximum absolute atomic E-state index is 12.0. The van der Waals surface area contributed by atoms with Crippen molar-refractivity contribution >= 4 is 5.91 Å². The third-order valence-electron chi connectivity index (χ3n) is 3.19. The molecule has 2 atom stereocenters. The number of methoxy groups -OCH3 is 1. The highest BCUT2D eigenvalue weighted by molar-refractivity contribution is 5.81. The minimum Gasteiger partial charge on any atom is -0.497 e. The van der Waals surface area contributed by atoms with Crippen LogP contribution in [0.2, 0.25) is 0 Å². The molecule has 1 fully saturated rings. The van der Waals surface area contributed by atoms with Gasteiger partial charge in [0.2, 0.25) is 0 Å². The van der Waals surface area contributed by atoms with Crippen LogP contribution in [0.25, 0.3) is 0 Å². The molecule has 1 aliphatic heterocycles. The molecule has 1 heterocycles. The van der Waals surface area contributed by atoms with Crippen LogP contribution in [0.3, 0.4) is 0 Å². The monoisotopic (exact) mass is 264 g/mol. The lowest BCUT2D eigenvalue weighted by atomic mass is 10.1. The SMILES string of the molecule is COc1ccc([C@@H](C)NC(=O)C2CNCCO2)cc1. The Morgan fingerprint density at radius 2 is 2.21 bits per heavy atom. The van der Waals surface area contributed by atoms with E-state index in [0.29, 0.717) is 13.2 Å². The van der Waals surface area contributed by atoms with Crippen LogP contribution in [0.1, 0.15) is 18.5 Å². The van der Waals surface area contributed by atoms with Crippen molar-refractivity contribution in [1.29, 1.82) is 0 Å². The summed E-state index contributed by atoms with van der Waals surface area (Å²) in [6.07, 6.45) is -0.394. The van der Waals surface area contributed by atoms with E-state index < -0.39 is 6.10 Å². The van der Waals surface area contributed by atoms with Gasteiger partial charge in [0.25, 0.3) is 5.91 Å². The van der Waals surface area contributed by atoms with Gasteiger partial charge in [-0.2, -0.15) is 0 Å². The summed E-state index contributed by atoms with van der Waals surface area (Å²) in [5.41, 5.74) is 1.04. The minimum atomic E-state index is -0.394. The molecule has 1 unspecified atom stereocenters. The number of amides is 1. The predicted molar refractivity (Wildman–Crippen MR) is 72.2 cm³/mol. The summed E-state index contributed by atoms with van der Waals surface area (Å²) in [4.78, 5) is 12.0. The van der Waals surface area contributed by atoms with Gasteiger partial charge in [0.1, 0.15) is 11.9 Å². The van der Waals surface area contributed by atoms with Crippen molar-refractivity contribution in [2.75, 3.05) is 26.8 Å². The van der Waals surface area contributed by atoms with Crippen LogP contribution in [0, 0.1) is 0 Å². The number of carbonyl (C=O) groups is 1. The van der Waals surface area contributed by atoms with Gasteiger partial charge in [-0.05, 0) is 24.6 Å². The minimum absolute atomic E-state index is 0.0519. The molecule has 104 valence electrons. The van der Waals surface area contributed by atoms with E-state index in [2.05, 4.69) is 10.6 Å². The molecule has 1 amide bonds. The molecule has 2 N–H and O–H groups in total. The lowest BCUT2D eigenvalue weighted by molar-refractivity contribution is -0.134. The number of morpholine rings is 1. The molecule has 0 aromatic heterocycles. The van der Waals surface area contributed by atoms with Crippen molar-refractivity contribution in [2.45, 2.75) is 19.1 Å². The molecule has 2 rings (SSSR count). The van der Waals surface area contributed by atoms with Crippen LogP contribution < -0.4 is 15.4 Å². The molecule has 0 bridgehead atoms. The van der Waals surface area contributed by atoms with Crippen molar-refractivity contribution in [1.82, 2.24) is 10.6 Å². The van der Waals surface area contributed by atoms with E-state index >= 15 is 0 Å². The largest absolute Gasteiger partial charge is 0.497 e. The van der Waals surface area contributed by atoms with Crippen LogP contribution in [0.4, 0.5) is 0 Å². The molecule has 0 aliphatic carbocycles. The van der Waals surface area contributed by atoms with Crippen LogP contribution in [0.15, 0.2) is 24.3 Å². The Morgan fingerprint density at radius 3 is 2.79 bits per heavy atom. The van der Waals surface area contributed by atoms with Gasteiger partial charge in [-0.15, -0.1) is 0 Å². The normalized spacial score (nSPS) is 20.6. The third kappa shape index (κ3) is 3.68. The first kappa shape index (κ1) is 13.8. The zero-order chi connectivity index (χ0) is 13.7. The zero-order valence-corrected chi connectivity index (χ0v) is 11.3. The van der Waals surface area contributed by atoms with Gasteiger partial charge in [-0.25, -0.2) is 0 Å². The summed E-state index contributed by atoms with van der Waals surface area (Å²) in [6.45, 7) is 3.91. The standard InChI is InChI=1S/C14H20N2O3/c1-10(11-3-5-12(18-2)6-4-11)16-14(17)13-9-15-7-8-19-13/h3-6,10,13,15H,7-9H2,1-2H3,(H,16,17)/t10-,13?/m1/s1. The molecule has 0 saturated carbocycles. The topological polar surface area (TPSA) is 59.6 Å². The van der Waals surface area contributed by atoms with Gasteiger partial charge in [0, 0.05) is 13.1 Å². The highest BCUT2D eigenvalue weighted by Crippen LogP contribution is 2.17. The van der Waals surface area contributed by atoms with Crippen molar-refractivity contribution < 1.29 is 14.3 Å². The quantitative estimate of drug-likeness (QED) is 0.847. The molecule has 1 aromatic carbocycles. The summed E-state index contributed by atoms with van der Waals surface area (Å²) in [7, 11) is 1.63. The molecule has 0 spiro atoms. The van der Waals surface area contributed by atoms with Crippen LogP contribution in [-0.2, 0) is 9.53 Å². The molecular formula is C14H20N2O3. The number of benzene rings is 1. The van der Waals surface area contributed by atoms with Gasteiger partial charge in [0.05, 0.1) is 19.8 Å². The summed E-state index contributed by atoms with van der Waals surface area (Å²) >= 11 is 0. The average molecular weight is 264 g/mol. The van der Waals surface area contributed by atoms with E-state index in [1.165, 1.54) is 0 Å². The number of carbonyl (C=O) groups excluding carboxylic acids is 1. The van der Waals surface area contributed by atoms with E-state index in [0.717, 1.165) is 17.9 Å². The molecule has 5 heteroatoms. The Bertz CT molecular complexity index is 413. The third-order valence-corrected chi connectivity index (χ3v) is 3.19. The number of hydrogen-bond acceptors (Lipinski definition) is 4. The molecule has 5 nitrogen and oxygen atoms in total. The van der Waals surface area contributed by atoms with E-state index in [1.807, 2.05) is 31.2 Å². The number of ether oxygens (including phenoxy) is 2. The summed E-state index contributed by atoms with van der Waals surface area (Å²) in [6, 6.07) is 7.62. The second-order valence-corrected chi connectivity index (χ2v) is 4.57. The van der Waals surface area contributed by atoms with E-state index in [4.69, 9.17) is 9.47 Å². The molecular weight excluding hydrogens is 244 g/mol. The molecule has 0 radical (unpaired) electrons. The fraction of sp³-hybridized carbons (Fsp3) is 0.500. The Morgan fingerprint density at radius 1 is 1.47 bits per heavy atom. The molecule has 1 saturated heterocycles. The fourth-order valence-corrected chi connectivity index (χ4v) is 2.02. The first-order valence-electron chi connectivity index (χ1n) is 6.47. The van der Waals surface area contributed by atoms with Crippen molar-refractivity contribution in [3.8, 4) is 5.75 Å². The lowest BCUT2D eigenvalue weighted by Gasteiger charge is -2.24. The van der Waals surface area contributed by atoms with Crippen LogP contribution in [0.5, 0.6) is 5.75 Å². The van der Waals surface area contributed by atoms with Gasteiger partial charge in [-0.1, -0.05) is 12.1 Å². The first-order valence-corrected chi connectivity index (χ1v) is 6.47. The van der Waals surface area contributed by atoms with Crippen LogP contribution >= 0.6 is 0 Å². The van der Waals surface area contributed by atoms with Crippen molar-refractivity contribution in [3.05, 3.63) is 29.8 Å². The summed E-state index contributed by atoms with van der Waals surface area (Å²) in [5.74, 6) is 0.734. The van der Waals surface area contributed by atoms with Gasteiger partial charge < -0.3 is 20.1 Å². The Hall–Kier alpha value is -1.59. The van der Waals surface area contributed by atoms with E-state index in [1.54, 1.807) is 7.11 Å². The Balaban J connectivity index is 1.91. The van der Waals surface area contributed by atoms with Crippen molar-refractivity contribution in [3.63, 3.8) is 0 Å². The average Bonchev–Trinajstić information content (AvgIpc) is 2.48. The van der Waals surface area contributed by atoms with Crippen molar-refractivity contribution in [2.24, 2.45) is 0 Å². The smallest absolute Gasteiger partial charge is 0.250 e. The van der Waals surface area contributed by atoms with Gasteiger partial charge >= 0.3 is 0 Å². The maximum Gasteiger partial charge on any atom is 0.250 e. The zero-order valence-electron chi connectivity index (χ0n) is 11.3. The number of hydrogen-bond donors (Lipinski definition) is 2. The second-order valence-electron chi connectivity index (χ2n) is 4.57. The fourth-order valence-electron chi connectivity index (χ4n) is 2.02. The molecule has 1 aliphatic rings. The predicted octanol–water partition coefficient (Wildman–Crippen LogP) is 0.861. The Kier molecular flexibility index (Phi) is 4.76. The summed E-state index contributed by atoms with van der Waals surface area (Å²) < 4.78 is 10.5. The number of rotatable bonds is 4. The van der Waals surface area contributed by atoms with Gasteiger partial charge in [-0.3, -0.25) is 4.79 Å². The van der Waals surface area contributed by atoms with E-state index in [9.17, 15) is 4.79 Å². The summed E-state index contributed by atoms with van der Waals surface area (Å²) in [5, 5.41) is 6.10. The van der Waals surface area contributed by atoms with E-state index in [-0.39, 0.29) is 11.9 Å². The highest BCUT2D eigenvalue weighted by Gasteiger charge is 2.23. The van der Waals surface area contributed by atoms with Gasteiger partial charge in [0.15, 0.2) is 0 Å². The molecule has 19 heavy (non-hydrogen) atoms. The molecule has 1 aromatic rings. The lowest BCUT2D eigenvalue weighted by Crippen LogP contribution is -2.48. The first-order chi connectivity index (χ1) is 9.20. The highest BCUT2D eigenvalue weighted by atomic mass is 16.5. The second kappa shape index (κ2) is 6.54. The van der Waals surface area contributed by atoms with Crippen LogP contribution in [-0.4, -0.2) is 38.8 Å². The Labute approximate surface area is 113 Å². The number of nitrogens with one attached hydrogen (secondary N) is 2.